The van der Waals surface area contributed by atoms with Gasteiger partial charge in [-0.1, -0.05) is 29.8 Å². The number of ether oxygens (including phenoxy) is 1. The molecule has 29 heavy (non-hydrogen) atoms. The predicted octanol–water partition coefficient (Wildman–Crippen LogP) is 1.36. The number of primary amides is 1. The number of amides is 3. The molecule has 3 amide bonds. The zero-order valence-corrected chi connectivity index (χ0v) is 16.9. The van der Waals surface area contributed by atoms with E-state index >= 15 is 0 Å². The molecule has 0 unspecified atom stereocenters. The van der Waals surface area contributed by atoms with Gasteiger partial charge in [0.1, 0.15) is 0 Å². The molecular weight excluding hydrogens is 372 g/mol. The highest BCUT2D eigenvalue weighted by Crippen LogP contribution is 2.29. The summed E-state index contributed by atoms with van der Waals surface area (Å²) in [5.74, 6) is -0.842. The molecule has 0 spiro atoms. The predicted molar refractivity (Wildman–Crippen MR) is 108 cm³/mol. The third-order valence-electron chi connectivity index (χ3n) is 5.43. The van der Waals surface area contributed by atoms with E-state index < -0.39 is 12.0 Å². The third-order valence-corrected chi connectivity index (χ3v) is 5.43. The van der Waals surface area contributed by atoms with E-state index in [2.05, 4.69) is 15.5 Å². The number of carbonyl (C=O) groups excluding carboxylic acids is 3. The monoisotopic (exact) mass is 400 g/mol. The zero-order valence-electron chi connectivity index (χ0n) is 16.9. The van der Waals surface area contributed by atoms with Crippen LogP contribution < -0.4 is 16.4 Å². The Morgan fingerprint density at radius 1 is 1.21 bits per heavy atom. The lowest BCUT2D eigenvalue weighted by atomic mass is 9.93. The smallest absolute Gasteiger partial charge is 0.338 e. The minimum absolute atomic E-state index is 0.118. The van der Waals surface area contributed by atoms with Crippen LogP contribution in [-0.4, -0.2) is 49.0 Å². The number of nitrogens with zero attached hydrogens (tertiary/aromatic N) is 1. The fraction of sp³-hybridized carbons (Fsp3) is 0.476. The summed E-state index contributed by atoms with van der Waals surface area (Å²) in [6.45, 7) is 5.72. The van der Waals surface area contributed by atoms with E-state index in [1.54, 1.807) is 6.92 Å². The summed E-state index contributed by atoms with van der Waals surface area (Å²) in [7, 11) is 0. The van der Waals surface area contributed by atoms with Crippen LogP contribution in [0.4, 0.5) is 4.79 Å². The molecular formula is C21H28N4O4. The van der Waals surface area contributed by atoms with Crippen LogP contribution in [0.15, 0.2) is 35.5 Å². The zero-order chi connectivity index (χ0) is 21.0. The molecule has 156 valence electrons. The van der Waals surface area contributed by atoms with Crippen molar-refractivity contribution >= 4 is 17.9 Å². The summed E-state index contributed by atoms with van der Waals surface area (Å²) < 4.78 is 5.29. The van der Waals surface area contributed by atoms with Crippen molar-refractivity contribution in [3.8, 4) is 0 Å². The van der Waals surface area contributed by atoms with E-state index in [9.17, 15) is 14.4 Å². The van der Waals surface area contributed by atoms with Crippen molar-refractivity contribution in [2.24, 2.45) is 11.7 Å². The Labute approximate surface area is 170 Å². The van der Waals surface area contributed by atoms with Gasteiger partial charge in [-0.2, -0.15) is 0 Å². The maximum Gasteiger partial charge on any atom is 0.338 e. The Bertz CT molecular complexity index is 810. The SMILES string of the molecule is CCOC(=O)C1=C(CN2CCC(C(N)=O)CC2)NC(=O)N[C@H]1c1ccc(C)cc1. The third kappa shape index (κ3) is 4.95. The van der Waals surface area contributed by atoms with Crippen LogP contribution >= 0.6 is 0 Å². The first-order valence-corrected chi connectivity index (χ1v) is 9.95. The molecule has 1 aromatic carbocycles. The van der Waals surface area contributed by atoms with E-state index in [1.165, 1.54) is 0 Å². The minimum atomic E-state index is -0.582. The number of rotatable bonds is 6. The Morgan fingerprint density at radius 3 is 2.45 bits per heavy atom. The highest BCUT2D eigenvalue weighted by Gasteiger charge is 2.35. The number of piperidine rings is 1. The van der Waals surface area contributed by atoms with Crippen LogP contribution in [0.1, 0.15) is 36.9 Å². The summed E-state index contributed by atoms with van der Waals surface area (Å²) in [5.41, 5.74) is 8.27. The molecule has 8 heteroatoms. The number of likely N-dealkylation sites (tertiary alicyclic amines) is 1. The second-order valence-corrected chi connectivity index (χ2v) is 7.51. The number of aryl methyl sites for hydroxylation is 1. The first kappa shape index (κ1) is 20.9. The van der Waals surface area contributed by atoms with E-state index in [4.69, 9.17) is 10.5 Å². The van der Waals surface area contributed by atoms with Crippen molar-refractivity contribution in [3.63, 3.8) is 0 Å². The van der Waals surface area contributed by atoms with E-state index in [0.717, 1.165) is 11.1 Å². The van der Waals surface area contributed by atoms with Crippen LogP contribution in [0.2, 0.25) is 0 Å². The van der Waals surface area contributed by atoms with Gasteiger partial charge in [-0.05, 0) is 45.3 Å². The Balaban J connectivity index is 1.89. The highest BCUT2D eigenvalue weighted by molar-refractivity contribution is 5.95. The molecule has 4 N–H and O–H groups in total. The molecule has 2 aliphatic rings. The van der Waals surface area contributed by atoms with Gasteiger partial charge in [0.2, 0.25) is 5.91 Å². The Morgan fingerprint density at radius 2 is 1.86 bits per heavy atom. The fourth-order valence-electron chi connectivity index (χ4n) is 3.80. The minimum Gasteiger partial charge on any atom is -0.463 e. The van der Waals surface area contributed by atoms with E-state index in [1.807, 2.05) is 31.2 Å². The van der Waals surface area contributed by atoms with Gasteiger partial charge in [0.25, 0.3) is 0 Å². The molecule has 0 aliphatic carbocycles. The first-order valence-electron chi connectivity index (χ1n) is 9.95. The van der Waals surface area contributed by atoms with Gasteiger partial charge >= 0.3 is 12.0 Å². The average Bonchev–Trinajstić information content (AvgIpc) is 2.68. The largest absolute Gasteiger partial charge is 0.463 e. The molecule has 0 aromatic heterocycles. The lowest BCUT2D eigenvalue weighted by molar-refractivity contribution is -0.139. The molecule has 0 saturated carbocycles. The molecule has 0 bridgehead atoms. The Kier molecular flexibility index (Phi) is 6.53. The van der Waals surface area contributed by atoms with Gasteiger partial charge in [0, 0.05) is 18.2 Å². The highest BCUT2D eigenvalue weighted by atomic mass is 16.5. The summed E-state index contributed by atoms with van der Waals surface area (Å²) in [4.78, 5) is 38.7. The normalized spacial score (nSPS) is 20.8. The summed E-state index contributed by atoms with van der Waals surface area (Å²) in [5, 5.41) is 5.64. The average molecular weight is 400 g/mol. The Hall–Kier alpha value is -2.87. The van der Waals surface area contributed by atoms with Crippen molar-refractivity contribution in [1.29, 1.82) is 0 Å². The van der Waals surface area contributed by atoms with Crippen LogP contribution in [0.25, 0.3) is 0 Å². The topological polar surface area (TPSA) is 114 Å². The molecule has 1 fully saturated rings. The fourth-order valence-corrected chi connectivity index (χ4v) is 3.80. The number of hydrogen-bond acceptors (Lipinski definition) is 5. The van der Waals surface area contributed by atoms with Crippen molar-refractivity contribution in [2.75, 3.05) is 26.2 Å². The molecule has 2 heterocycles. The number of nitrogens with one attached hydrogen (secondary N) is 2. The van der Waals surface area contributed by atoms with Crippen LogP contribution in [0.3, 0.4) is 0 Å². The molecule has 2 aliphatic heterocycles. The van der Waals surface area contributed by atoms with Crippen molar-refractivity contribution in [1.82, 2.24) is 15.5 Å². The molecule has 8 nitrogen and oxygen atoms in total. The van der Waals surface area contributed by atoms with Crippen molar-refractivity contribution in [2.45, 2.75) is 32.7 Å². The standard InChI is InChI=1S/C21H28N4O4/c1-3-29-20(27)17-16(12-25-10-8-15(9-11-25)19(22)26)23-21(28)24-18(17)14-6-4-13(2)5-7-14/h4-7,15,18H,3,8-12H2,1-2H3,(H2,22,26)(H2,23,24,28)/t18-/m0/s1. The summed E-state index contributed by atoms with van der Waals surface area (Å²) in [6.07, 6.45) is 1.34. The number of carbonyl (C=O) groups is 3. The number of nitrogens with two attached hydrogens (primary N) is 1. The lowest BCUT2D eigenvalue weighted by Crippen LogP contribution is -2.49. The summed E-state index contributed by atoms with van der Waals surface area (Å²) in [6, 6.07) is 6.76. The van der Waals surface area contributed by atoms with E-state index in [0.29, 0.717) is 43.7 Å². The number of urea groups is 1. The number of esters is 1. The van der Waals surface area contributed by atoms with Gasteiger partial charge in [-0.15, -0.1) is 0 Å². The van der Waals surface area contributed by atoms with Crippen LogP contribution in [0.5, 0.6) is 0 Å². The molecule has 1 atom stereocenters. The van der Waals surface area contributed by atoms with Gasteiger partial charge < -0.3 is 21.1 Å². The second-order valence-electron chi connectivity index (χ2n) is 7.51. The van der Waals surface area contributed by atoms with Crippen molar-refractivity contribution < 1.29 is 19.1 Å². The maximum absolute atomic E-state index is 12.8. The maximum atomic E-state index is 12.8. The molecule has 1 aromatic rings. The second kappa shape index (κ2) is 9.09. The van der Waals surface area contributed by atoms with Crippen LogP contribution in [0, 0.1) is 12.8 Å². The summed E-state index contributed by atoms with van der Waals surface area (Å²) >= 11 is 0. The van der Waals surface area contributed by atoms with Gasteiger partial charge in [-0.3, -0.25) is 9.69 Å². The van der Waals surface area contributed by atoms with Gasteiger partial charge in [-0.25, -0.2) is 9.59 Å². The lowest BCUT2D eigenvalue weighted by Gasteiger charge is -2.34. The number of benzene rings is 1. The number of hydrogen-bond donors (Lipinski definition) is 3. The quantitative estimate of drug-likeness (QED) is 0.624. The molecule has 3 rings (SSSR count). The first-order chi connectivity index (χ1) is 13.9. The molecule has 1 saturated heterocycles. The van der Waals surface area contributed by atoms with Gasteiger partial charge in [0.15, 0.2) is 0 Å². The van der Waals surface area contributed by atoms with Crippen LogP contribution in [-0.2, 0) is 14.3 Å². The van der Waals surface area contributed by atoms with Gasteiger partial charge in [0.05, 0.1) is 18.2 Å². The van der Waals surface area contributed by atoms with Crippen molar-refractivity contribution in [3.05, 3.63) is 46.7 Å². The van der Waals surface area contributed by atoms with E-state index in [-0.39, 0.29) is 24.5 Å². The molecule has 0 radical (unpaired) electrons.